The van der Waals surface area contributed by atoms with Gasteiger partial charge in [-0.2, -0.15) is 4.31 Å². The van der Waals surface area contributed by atoms with E-state index in [1.165, 1.54) is 23.5 Å². The van der Waals surface area contributed by atoms with E-state index in [0.717, 1.165) is 36.1 Å². The lowest BCUT2D eigenvalue weighted by Gasteiger charge is -2.39. The van der Waals surface area contributed by atoms with Gasteiger partial charge in [0.25, 0.3) is 0 Å². The number of rotatable bonds is 7. The van der Waals surface area contributed by atoms with E-state index in [1.54, 1.807) is 12.1 Å². The van der Waals surface area contributed by atoms with E-state index in [9.17, 15) is 22.9 Å². The number of hydrogen-bond donors (Lipinski definition) is 3. The highest BCUT2D eigenvalue weighted by Crippen LogP contribution is 2.40. The van der Waals surface area contributed by atoms with Crippen molar-refractivity contribution in [2.24, 2.45) is 17.8 Å². The Bertz CT molecular complexity index is 1330. The van der Waals surface area contributed by atoms with Gasteiger partial charge in [-0.3, -0.25) is 4.79 Å². The summed E-state index contributed by atoms with van der Waals surface area (Å²) in [5.74, 6) is 0.221. The number of benzene rings is 2. The first kappa shape index (κ1) is 28.0. The molecule has 0 radical (unpaired) electrons. The molecule has 3 N–H and O–H groups in total. The third-order valence-electron chi connectivity index (χ3n) is 8.55. The van der Waals surface area contributed by atoms with Crippen molar-refractivity contribution in [3.05, 3.63) is 65.1 Å². The van der Waals surface area contributed by atoms with Crippen LogP contribution < -0.4 is 16.0 Å². The molecule has 3 atom stereocenters. The average molecular weight is 570 g/mol. The zero-order valence-electron chi connectivity index (χ0n) is 22.7. The number of urea groups is 1. The SMILES string of the molecule is CNC(=O)Nc1ccc(S(=O)(=O)N2CCC(C3CCN4C(C3)C(C(=O)NCc3ccccc3)C[N+]4=O)CC2)cc1. The molecule has 3 fully saturated rings. The van der Waals surface area contributed by atoms with Crippen LogP contribution in [0.5, 0.6) is 0 Å². The van der Waals surface area contributed by atoms with Crippen LogP contribution in [0.1, 0.15) is 31.2 Å². The van der Waals surface area contributed by atoms with Gasteiger partial charge >= 0.3 is 6.03 Å². The quantitative estimate of drug-likeness (QED) is 0.440. The Labute approximate surface area is 234 Å². The minimum atomic E-state index is -3.64. The van der Waals surface area contributed by atoms with E-state index >= 15 is 0 Å². The van der Waals surface area contributed by atoms with E-state index in [1.807, 2.05) is 35.3 Å². The first-order valence-corrected chi connectivity index (χ1v) is 15.3. The first-order valence-electron chi connectivity index (χ1n) is 13.9. The summed E-state index contributed by atoms with van der Waals surface area (Å²) in [5, 5.41) is 9.91. The molecule has 3 aliphatic rings. The zero-order valence-corrected chi connectivity index (χ0v) is 23.5. The summed E-state index contributed by atoms with van der Waals surface area (Å²) in [7, 11) is -2.13. The van der Waals surface area contributed by atoms with Gasteiger partial charge in [0.15, 0.2) is 0 Å². The number of nitroso groups, excluding NO2 is 1. The monoisotopic (exact) mass is 569 g/mol. The number of fused-ring (bicyclic) bond motifs is 1. The molecule has 40 heavy (non-hydrogen) atoms. The van der Waals surface area contributed by atoms with Crippen molar-refractivity contribution in [2.45, 2.75) is 43.2 Å². The summed E-state index contributed by atoms with van der Waals surface area (Å²) in [5.41, 5.74) is 1.53. The van der Waals surface area contributed by atoms with Crippen molar-refractivity contribution in [1.29, 1.82) is 0 Å². The zero-order chi connectivity index (χ0) is 28.3. The highest BCUT2D eigenvalue weighted by atomic mass is 32.2. The maximum Gasteiger partial charge on any atom is 0.318 e. The van der Waals surface area contributed by atoms with Crippen molar-refractivity contribution in [3.8, 4) is 0 Å². The third kappa shape index (κ3) is 5.97. The average Bonchev–Trinajstić information content (AvgIpc) is 3.32. The molecular weight excluding hydrogens is 532 g/mol. The Balaban J connectivity index is 1.16. The molecule has 3 aliphatic heterocycles. The van der Waals surface area contributed by atoms with Crippen LogP contribution in [0, 0.1) is 22.7 Å². The van der Waals surface area contributed by atoms with Crippen LogP contribution in [-0.4, -0.2) is 73.8 Å². The Hall–Kier alpha value is -3.51. The van der Waals surface area contributed by atoms with Gasteiger partial charge in [0.05, 0.1) is 16.3 Å². The van der Waals surface area contributed by atoms with Gasteiger partial charge in [0, 0.05) is 32.4 Å². The third-order valence-corrected chi connectivity index (χ3v) is 10.5. The number of carbonyl (C=O) groups is 2. The fourth-order valence-electron chi connectivity index (χ4n) is 6.30. The molecule has 3 amide bonds. The van der Waals surface area contributed by atoms with E-state index in [0.29, 0.717) is 43.7 Å². The van der Waals surface area contributed by atoms with E-state index in [2.05, 4.69) is 16.0 Å². The Morgan fingerprint density at radius 3 is 2.30 bits per heavy atom. The summed E-state index contributed by atoms with van der Waals surface area (Å²) in [6, 6.07) is 15.4. The highest BCUT2D eigenvalue weighted by Gasteiger charge is 2.53. The molecule has 3 heterocycles. The molecule has 0 spiro atoms. The summed E-state index contributed by atoms with van der Waals surface area (Å²) < 4.78 is 28.1. The maximum atomic E-state index is 13.3. The Kier molecular flexibility index (Phi) is 8.36. The number of carbonyl (C=O) groups excluding carboxylic acids is 2. The predicted molar refractivity (Wildman–Crippen MR) is 149 cm³/mol. The van der Waals surface area contributed by atoms with Crippen LogP contribution in [0.15, 0.2) is 59.5 Å². The van der Waals surface area contributed by atoms with Crippen molar-refractivity contribution in [3.63, 3.8) is 0 Å². The number of piperidine rings is 2. The maximum absolute atomic E-state index is 13.3. The van der Waals surface area contributed by atoms with Crippen LogP contribution in [0.2, 0.25) is 0 Å². The van der Waals surface area contributed by atoms with Crippen molar-refractivity contribution >= 4 is 27.6 Å². The standard InChI is InChI=1S/C28H36N6O5S/c1-29-28(36)31-23-7-9-24(10-8-23)40(38,39)32-14-11-21(12-15-32)22-13-16-33-26(17-22)25(19-34(33)37)27(35)30-18-20-5-3-2-4-6-20/h2-10,21-22,25-26H,11-19H2,1H3,(H2-,29,30,31,35,36)/p+1. The van der Waals surface area contributed by atoms with Gasteiger partial charge in [-0.05, 0) is 67.3 Å². The smallest absolute Gasteiger partial charge is 0.318 e. The topological polar surface area (TPSA) is 131 Å². The Morgan fingerprint density at radius 2 is 1.62 bits per heavy atom. The van der Waals surface area contributed by atoms with E-state index < -0.39 is 10.0 Å². The lowest BCUT2D eigenvalue weighted by atomic mass is 9.75. The predicted octanol–water partition coefficient (Wildman–Crippen LogP) is 2.56. The second kappa shape index (κ2) is 11.9. The molecule has 2 aromatic rings. The molecule has 11 nitrogen and oxygen atoms in total. The lowest BCUT2D eigenvalue weighted by Crippen LogP contribution is -2.48. The van der Waals surface area contributed by atoms with Gasteiger partial charge < -0.3 is 16.0 Å². The van der Waals surface area contributed by atoms with Crippen molar-refractivity contribution in [1.82, 2.24) is 19.9 Å². The molecule has 2 aromatic carbocycles. The second-order valence-electron chi connectivity index (χ2n) is 10.8. The molecule has 0 aromatic heterocycles. The fourth-order valence-corrected chi connectivity index (χ4v) is 7.77. The summed E-state index contributed by atoms with van der Waals surface area (Å²) >= 11 is 0. The van der Waals surface area contributed by atoms with Crippen LogP contribution in [-0.2, 0) is 21.4 Å². The molecule has 0 aliphatic carbocycles. The number of nitrogens with zero attached hydrogens (tertiary/aromatic N) is 3. The number of amides is 3. The molecule has 5 rings (SSSR count). The van der Waals surface area contributed by atoms with Crippen LogP contribution >= 0.6 is 0 Å². The highest BCUT2D eigenvalue weighted by molar-refractivity contribution is 7.89. The van der Waals surface area contributed by atoms with Gasteiger partial charge in [-0.1, -0.05) is 30.3 Å². The molecule has 3 saturated heterocycles. The summed E-state index contributed by atoms with van der Waals surface area (Å²) in [6.45, 7) is 2.10. The number of hydrogen-bond acceptors (Lipinski definition) is 5. The van der Waals surface area contributed by atoms with Crippen LogP contribution in [0.4, 0.5) is 10.5 Å². The molecule has 0 bridgehead atoms. The summed E-state index contributed by atoms with van der Waals surface area (Å²) in [4.78, 5) is 38.4. The number of anilines is 1. The summed E-state index contributed by atoms with van der Waals surface area (Å²) in [6.07, 6.45) is 3.13. The van der Waals surface area contributed by atoms with E-state index in [-0.39, 0.29) is 35.3 Å². The molecule has 214 valence electrons. The molecular formula is C28H37N6O5S+. The van der Waals surface area contributed by atoms with Gasteiger partial charge in [0.1, 0.15) is 16.8 Å². The minimum absolute atomic E-state index is 0.0877. The molecule has 0 saturated carbocycles. The van der Waals surface area contributed by atoms with Crippen LogP contribution in [0.25, 0.3) is 0 Å². The van der Waals surface area contributed by atoms with Crippen molar-refractivity contribution < 1.29 is 22.9 Å². The van der Waals surface area contributed by atoms with Gasteiger partial charge in [-0.15, -0.1) is 5.01 Å². The first-order chi connectivity index (χ1) is 19.3. The fraction of sp³-hybridized carbons (Fsp3) is 0.500. The van der Waals surface area contributed by atoms with Crippen LogP contribution in [0.3, 0.4) is 0 Å². The van der Waals surface area contributed by atoms with Crippen molar-refractivity contribution in [2.75, 3.05) is 38.5 Å². The normalized spacial score (nSPS) is 23.9. The number of nitrogens with one attached hydrogen (secondary N) is 3. The minimum Gasteiger partial charge on any atom is -0.351 e. The largest absolute Gasteiger partial charge is 0.351 e. The number of hydrazine groups is 1. The lowest BCUT2D eigenvalue weighted by molar-refractivity contribution is -0.692. The molecule has 3 unspecified atom stereocenters. The van der Waals surface area contributed by atoms with E-state index in [4.69, 9.17) is 0 Å². The van der Waals surface area contributed by atoms with Gasteiger partial charge in [-0.25, -0.2) is 13.2 Å². The Morgan fingerprint density at radius 1 is 0.950 bits per heavy atom. The second-order valence-corrected chi connectivity index (χ2v) is 12.8. The van der Waals surface area contributed by atoms with Gasteiger partial charge in [0.2, 0.25) is 22.5 Å². The number of sulfonamides is 1. The molecule has 12 heteroatoms.